The molecule has 0 saturated carbocycles. The van der Waals surface area contributed by atoms with Crippen LogP contribution in [0.1, 0.15) is 11.0 Å². The van der Waals surface area contributed by atoms with Gasteiger partial charge in [0.1, 0.15) is 5.75 Å². The number of aromatic amines is 1. The van der Waals surface area contributed by atoms with Crippen LogP contribution in [0.4, 0.5) is 0 Å². The largest absolute Gasteiger partial charge is 0.497 e. The number of hydrogen-bond acceptors (Lipinski definition) is 2. The first-order valence-electron chi connectivity index (χ1n) is 7.22. The van der Waals surface area contributed by atoms with Crippen LogP contribution in [0, 0.1) is 0 Å². The van der Waals surface area contributed by atoms with E-state index in [1.807, 2.05) is 25.2 Å². The quantitative estimate of drug-likeness (QED) is 0.859. The molecule has 3 heteroatoms. The minimum atomic E-state index is -2.45. The van der Waals surface area contributed by atoms with E-state index in [1.165, 1.54) is 0 Å². The van der Waals surface area contributed by atoms with Crippen LogP contribution in [0.5, 0.6) is 5.75 Å². The molecular weight excluding hydrogens is 200 g/mol. The van der Waals surface area contributed by atoms with Crippen molar-refractivity contribution in [3.63, 3.8) is 0 Å². The third-order valence-electron chi connectivity index (χ3n) is 2.53. The van der Waals surface area contributed by atoms with E-state index < -0.39 is 7.04 Å². The highest BCUT2D eigenvalue weighted by atomic mass is 16.5. The van der Waals surface area contributed by atoms with Gasteiger partial charge in [0.2, 0.25) is 0 Å². The second-order valence-corrected chi connectivity index (χ2v) is 3.97. The van der Waals surface area contributed by atoms with Crippen molar-refractivity contribution in [3.05, 3.63) is 30.0 Å². The molecule has 1 aromatic carbocycles. The fraction of sp³-hybridized carbons (Fsp3) is 0.385. The highest BCUT2D eigenvalue weighted by Gasteiger charge is 2.05. The lowest BCUT2D eigenvalue weighted by Crippen LogP contribution is -2.14. The van der Waals surface area contributed by atoms with Gasteiger partial charge in [0.05, 0.1) is 11.2 Å². The molecule has 1 N–H and O–H groups in total. The number of nitrogens with one attached hydrogen (secondary N) is 1. The Morgan fingerprint density at radius 3 is 3.12 bits per heavy atom. The maximum Gasteiger partial charge on any atom is 0.119 e. The summed E-state index contributed by atoms with van der Waals surface area (Å²) in [7, 11) is 1.26. The van der Waals surface area contributed by atoms with Crippen LogP contribution < -0.4 is 4.74 Å². The zero-order chi connectivity index (χ0) is 14.9. The lowest BCUT2D eigenvalue weighted by atomic mass is 10.1. The summed E-state index contributed by atoms with van der Waals surface area (Å²) in [6.07, 6.45) is 2.42. The number of H-pyrrole nitrogens is 1. The van der Waals surface area contributed by atoms with E-state index in [2.05, 4.69) is 4.98 Å². The number of aromatic nitrogens is 1. The summed E-state index contributed by atoms with van der Waals surface area (Å²) < 4.78 is 34.3. The Kier molecular flexibility index (Phi) is 1.99. The van der Waals surface area contributed by atoms with Gasteiger partial charge in [-0.25, -0.2) is 0 Å². The molecule has 2 rings (SSSR count). The standard InChI is InChI=1S/C13H18N2O/c1-15(2)7-6-10-9-14-13-5-4-11(16-3)8-12(10)13/h4-5,8-9,14H,6-7H2,1-3H3/i3D3,7D. The first kappa shape index (κ1) is 6.97. The fourth-order valence-corrected chi connectivity index (χ4v) is 1.67. The number of aryl methyl sites for hydroxylation is 1. The number of methoxy groups -OCH3 is 1. The van der Waals surface area contributed by atoms with E-state index in [9.17, 15) is 0 Å². The van der Waals surface area contributed by atoms with Crippen LogP contribution >= 0.6 is 0 Å². The first-order valence-corrected chi connectivity index (χ1v) is 5.14. The molecule has 0 fully saturated rings. The van der Waals surface area contributed by atoms with Crippen LogP contribution in [-0.2, 0) is 6.42 Å². The summed E-state index contributed by atoms with van der Waals surface area (Å²) >= 11 is 0. The van der Waals surface area contributed by atoms with Crippen molar-refractivity contribution in [1.82, 2.24) is 9.88 Å². The van der Waals surface area contributed by atoms with Gasteiger partial charge in [-0.2, -0.15) is 0 Å². The Balaban J connectivity index is 2.30. The lowest BCUT2D eigenvalue weighted by molar-refractivity contribution is 0.413. The highest BCUT2D eigenvalue weighted by Crippen LogP contribution is 2.23. The number of nitrogens with zero attached hydrogens (tertiary/aromatic N) is 1. The molecule has 0 aliphatic carbocycles. The molecule has 0 spiro atoms. The number of fused-ring (bicyclic) bond motifs is 1. The smallest absolute Gasteiger partial charge is 0.119 e. The van der Waals surface area contributed by atoms with Gasteiger partial charge in [0, 0.05) is 25.0 Å². The summed E-state index contributed by atoms with van der Waals surface area (Å²) in [6, 6.07) is 5.11. The normalized spacial score (nSPS) is 17.7. The Morgan fingerprint density at radius 1 is 1.50 bits per heavy atom. The van der Waals surface area contributed by atoms with Crippen molar-refractivity contribution >= 4 is 10.9 Å². The fourth-order valence-electron chi connectivity index (χ4n) is 1.67. The summed E-state index contributed by atoms with van der Waals surface area (Å²) in [4.78, 5) is 4.95. The van der Waals surface area contributed by atoms with E-state index >= 15 is 0 Å². The third kappa shape index (κ3) is 2.19. The van der Waals surface area contributed by atoms with Crippen molar-refractivity contribution < 1.29 is 10.2 Å². The molecule has 0 radical (unpaired) electrons. The van der Waals surface area contributed by atoms with Crippen LogP contribution in [0.2, 0.25) is 0 Å². The summed E-state index contributed by atoms with van der Waals surface area (Å²) in [5.41, 5.74) is 1.88. The van der Waals surface area contributed by atoms with Gasteiger partial charge in [0.25, 0.3) is 0 Å². The van der Waals surface area contributed by atoms with Crippen molar-refractivity contribution in [2.24, 2.45) is 0 Å². The highest BCUT2D eigenvalue weighted by molar-refractivity contribution is 5.84. The molecule has 0 aliphatic rings. The number of rotatable bonds is 4. The Morgan fingerprint density at radius 2 is 2.38 bits per heavy atom. The van der Waals surface area contributed by atoms with Crippen LogP contribution in [0.15, 0.2) is 24.4 Å². The van der Waals surface area contributed by atoms with Gasteiger partial charge >= 0.3 is 0 Å². The number of hydrogen-bond donors (Lipinski definition) is 1. The van der Waals surface area contributed by atoms with Crippen molar-refractivity contribution in [1.29, 1.82) is 0 Å². The Hall–Kier alpha value is -1.48. The van der Waals surface area contributed by atoms with Crippen molar-refractivity contribution in [2.75, 3.05) is 27.7 Å². The van der Waals surface area contributed by atoms with Crippen molar-refractivity contribution in [3.8, 4) is 5.75 Å². The predicted octanol–water partition coefficient (Wildman–Crippen LogP) is 2.28. The van der Waals surface area contributed by atoms with Crippen LogP contribution in [-0.4, -0.2) is 37.5 Å². The molecule has 0 amide bonds. The van der Waals surface area contributed by atoms with Crippen LogP contribution in [0.25, 0.3) is 10.9 Å². The number of benzene rings is 1. The monoisotopic (exact) mass is 222 g/mol. The second-order valence-electron chi connectivity index (χ2n) is 3.97. The summed E-state index contributed by atoms with van der Waals surface area (Å²) in [6.45, 7) is -0.346. The molecule has 1 heterocycles. The van der Waals surface area contributed by atoms with Crippen LogP contribution in [0.3, 0.4) is 0 Å². The molecule has 1 atom stereocenters. The molecule has 0 aliphatic heterocycles. The second kappa shape index (κ2) is 4.58. The minimum Gasteiger partial charge on any atom is -0.497 e. The molecule has 16 heavy (non-hydrogen) atoms. The van der Waals surface area contributed by atoms with E-state index in [4.69, 9.17) is 10.2 Å². The maximum atomic E-state index is 7.97. The molecule has 1 unspecified atom stereocenters. The molecular formula is C13H18N2O. The zero-order valence-electron chi connectivity index (χ0n) is 13.4. The van der Waals surface area contributed by atoms with Crippen molar-refractivity contribution in [2.45, 2.75) is 6.42 Å². The molecule has 3 nitrogen and oxygen atoms in total. The van der Waals surface area contributed by atoms with E-state index in [1.54, 1.807) is 18.2 Å². The van der Waals surface area contributed by atoms with E-state index in [0.717, 1.165) is 16.5 Å². The minimum absolute atomic E-state index is 0.310. The van der Waals surface area contributed by atoms with Gasteiger partial charge in [-0.05, 0) is 44.3 Å². The molecule has 86 valence electrons. The topological polar surface area (TPSA) is 28.3 Å². The SMILES string of the molecule is [2H]C(Cc1c[nH]c2ccc(OC([2H])([2H])[2H])cc12)N(C)C. The molecule has 0 bridgehead atoms. The summed E-state index contributed by atoms with van der Waals surface area (Å²) in [5.74, 6) is 0.310. The zero-order valence-corrected chi connectivity index (χ0v) is 9.45. The van der Waals surface area contributed by atoms with E-state index in [0.29, 0.717) is 12.2 Å². The Labute approximate surface area is 102 Å². The van der Waals surface area contributed by atoms with Gasteiger partial charge < -0.3 is 14.6 Å². The first-order chi connectivity index (χ1) is 9.26. The average Bonchev–Trinajstić information content (AvgIpc) is 2.70. The maximum absolute atomic E-state index is 7.97. The van der Waals surface area contributed by atoms with Gasteiger partial charge in [-0.1, -0.05) is 0 Å². The van der Waals surface area contributed by atoms with Gasteiger partial charge in [-0.15, -0.1) is 0 Å². The predicted molar refractivity (Wildman–Crippen MR) is 67.1 cm³/mol. The Bertz CT molecular complexity index is 592. The lowest BCUT2D eigenvalue weighted by Gasteiger charge is -2.08. The molecule has 1 aromatic heterocycles. The molecule has 2 aromatic rings. The third-order valence-corrected chi connectivity index (χ3v) is 2.53. The van der Waals surface area contributed by atoms with Gasteiger partial charge in [0.15, 0.2) is 0 Å². The van der Waals surface area contributed by atoms with E-state index in [-0.39, 0.29) is 6.52 Å². The molecule has 0 saturated heterocycles. The number of likely N-dealkylation sites (N-methyl/N-ethyl adjacent to an activating group) is 1. The summed E-state index contributed by atoms with van der Waals surface area (Å²) in [5, 5.41) is 0.894. The average molecular weight is 222 g/mol. The van der Waals surface area contributed by atoms with Gasteiger partial charge in [-0.3, -0.25) is 0 Å². The number of ether oxygens (including phenoxy) is 1.